The molecule has 0 heterocycles. The first-order valence-electron chi connectivity index (χ1n) is 5.10. The molecule has 0 fully saturated rings. The van der Waals surface area contributed by atoms with Crippen molar-refractivity contribution in [2.45, 2.75) is 58.0 Å². The van der Waals surface area contributed by atoms with Gasteiger partial charge in [-0.25, -0.2) is 0 Å². The average molecular weight is 174 g/mol. The standard InChI is InChI=1S/C10H22O2/c1-2-3-4-5-7-10(12)8-6-9-11/h10-12H,2-9H2,1H3/t10-/m0/s1. The molecule has 0 bridgehead atoms. The molecule has 0 unspecified atom stereocenters. The Morgan fingerprint density at radius 1 is 1.00 bits per heavy atom. The molecule has 1 atom stereocenters. The predicted octanol–water partition coefficient (Wildman–Crippen LogP) is 2.09. The molecule has 0 spiro atoms. The average Bonchev–Trinajstić information content (AvgIpc) is 2.09. The van der Waals surface area contributed by atoms with Crippen LogP contribution in [-0.2, 0) is 0 Å². The van der Waals surface area contributed by atoms with Gasteiger partial charge in [0.1, 0.15) is 0 Å². The van der Waals surface area contributed by atoms with Crippen LogP contribution in [0, 0.1) is 0 Å². The molecule has 2 heteroatoms. The van der Waals surface area contributed by atoms with E-state index in [1.54, 1.807) is 0 Å². The Bertz CT molecular complexity index is 83.9. The number of rotatable bonds is 8. The number of hydrogen-bond donors (Lipinski definition) is 2. The van der Waals surface area contributed by atoms with Gasteiger partial charge in [0.2, 0.25) is 0 Å². The van der Waals surface area contributed by atoms with Gasteiger partial charge in [-0.3, -0.25) is 0 Å². The summed E-state index contributed by atoms with van der Waals surface area (Å²) in [4.78, 5) is 0. The highest BCUT2D eigenvalue weighted by Gasteiger charge is 2.02. The second kappa shape index (κ2) is 9.01. The third-order valence-electron chi connectivity index (χ3n) is 2.09. The van der Waals surface area contributed by atoms with Crippen molar-refractivity contribution in [2.75, 3.05) is 6.61 Å². The third-order valence-corrected chi connectivity index (χ3v) is 2.09. The van der Waals surface area contributed by atoms with Crippen LogP contribution >= 0.6 is 0 Å². The summed E-state index contributed by atoms with van der Waals surface area (Å²) in [5.41, 5.74) is 0. The lowest BCUT2D eigenvalue weighted by Crippen LogP contribution is -2.06. The molecule has 0 amide bonds. The normalized spacial score (nSPS) is 13.2. The van der Waals surface area contributed by atoms with Gasteiger partial charge < -0.3 is 10.2 Å². The maximum Gasteiger partial charge on any atom is 0.0541 e. The third kappa shape index (κ3) is 8.02. The van der Waals surface area contributed by atoms with Crippen LogP contribution in [0.4, 0.5) is 0 Å². The molecule has 0 aliphatic rings. The number of aliphatic hydroxyl groups is 2. The molecule has 0 radical (unpaired) electrons. The van der Waals surface area contributed by atoms with Gasteiger partial charge in [-0.05, 0) is 19.3 Å². The Morgan fingerprint density at radius 2 is 1.67 bits per heavy atom. The molecule has 2 nitrogen and oxygen atoms in total. The van der Waals surface area contributed by atoms with E-state index in [2.05, 4.69) is 6.92 Å². The quantitative estimate of drug-likeness (QED) is 0.553. The van der Waals surface area contributed by atoms with Crippen molar-refractivity contribution in [2.24, 2.45) is 0 Å². The Morgan fingerprint density at radius 3 is 2.25 bits per heavy atom. The summed E-state index contributed by atoms with van der Waals surface area (Å²) < 4.78 is 0. The van der Waals surface area contributed by atoms with E-state index in [0.717, 1.165) is 25.7 Å². The van der Waals surface area contributed by atoms with Crippen LogP contribution in [-0.4, -0.2) is 22.9 Å². The van der Waals surface area contributed by atoms with E-state index in [-0.39, 0.29) is 12.7 Å². The maximum atomic E-state index is 9.37. The van der Waals surface area contributed by atoms with Crippen molar-refractivity contribution in [1.82, 2.24) is 0 Å². The summed E-state index contributed by atoms with van der Waals surface area (Å²) in [7, 11) is 0. The fraction of sp³-hybridized carbons (Fsp3) is 1.00. The van der Waals surface area contributed by atoms with E-state index < -0.39 is 0 Å². The number of unbranched alkanes of at least 4 members (excludes halogenated alkanes) is 3. The molecular formula is C10H22O2. The van der Waals surface area contributed by atoms with Gasteiger partial charge >= 0.3 is 0 Å². The minimum atomic E-state index is -0.186. The molecule has 2 N–H and O–H groups in total. The van der Waals surface area contributed by atoms with Crippen LogP contribution in [0.3, 0.4) is 0 Å². The molecule has 0 aliphatic carbocycles. The van der Waals surface area contributed by atoms with E-state index in [1.165, 1.54) is 19.3 Å². The van der Waals surface area contributed by atoms with Crippen molar-refractivity contribution < 1.29 is 10.2 Å². The lowest BCUT2D eigenvalue weighted by atomic mass is 10.1. The predicted molar refractivity (Wildman–Crippen MR) is 51.1 cm³/mol. The van der Waals surface area contributed by atoms with Crippen LogP contribution in [0.5, 0.6) is 0 Å². The highest BCUT2D eigenvalue weighted by molar-refractivity contribution is 4.55. The van der Waals surface area contributed by atoms with Crippen LogP contribution in [0.1, 0.15) is 51.9 Å². The molecule has 0 rings (SSSR count). The number of aliphatic hydroxyl groups excluding tert-OH is 2. The van der Waals surface area contributed by atoms with Gasteiger partial charge in [0.05, 0.1) is 6.10 Å². The first-order valence-corrected chi connectivity index (χ1v) is 5.10. The molecule has 12 heavy (non-hydrogen) atoms. The summed E-state index contributed by atoms with van der Waals surface area (Å²) in [5, 5.41) is 17.9. The molecule has 74 valence electrons. The van der Waals surface area contributed by atoms with Crippen molar-refractivity contribution in [1.29, 1.82) is 0 Å². The molecule has 0 saturated heterocycles. The Hall–Kier alpha value is -0.0800. The minimum absolute atomic E-state index is 0.186. The Balaban J connectivity index is 3.02. The van der Waals surface area contributed by atoms with Crippen molar-refractivity contribution in [3.63, 3.8) is 0 Å². The van der Waals surface area contributed by atoms with Crippen molar-refractivity contribution in [3.05, 3.63) is 0 Å². The molecular weight excluding hydrogens is 152 g/mol. The zero-order valence-electron chi connectivity index (χ0n) is 8.13. The lowest BCUT2D eigenvalue weighted by Gasteiger charge is -2.08. The lowest BCUT2D eigenvalue weighted by molar-refractivity contribution is 0.138. The van der Waals surface area contributed by atoms with Crippen LogP contribution < -0.4 is 0 Å². The highest BCUT2D eigenvalue weighted by atomic mass is 16.3. The second-order valence-electron chi connectivity index (χ2n) is 3.37. The topological polar surface area (TPSA) is 40.5 Å². The van der Waals surface area contributed by atoms with E-state index in [9.17, 15) is 5.11 Å². The first-order chi connectivity index (χ1) is 5.81. The Labute approximate surface area is 75.6 Å². The highest BCUT2D eigenvalue weighted by Crippen LogP contribution is 2.08. The van der Waals surface area contributed by atoms with Crippen molar-refractivity contribution in [3.8, 4) is 0 Å². The van der Waals surface area contributed by atoms with Crippen molar-refractivity contribution >= 4 is 0 Å². The van der Waals surface area contributed by atoms with Gasteiger partial charge in [0.25, 0.3) is 0 Å². The summed E-state index contributed by atoms with van der Waals surface area (Å²) in [6.45, 7) is 2.38. The fourth-order valence-corrected chi connectivity index (χ4v) is 1.28. The van der Waals surface area contributed by atoms with Crippen LogP contribution in [0.25, 0.3) is 0 Å². The van der Waals surface area contributed by atoms with Gasteiger partial charge in [-0.15, -0.1) is 0 Å². The summed E-state index contributed by atoms with van der Waals surface area (Å²) in [6.07, 6.45) is 7.07. The van der Waals surface area contributed by atoms with Gasteiger partial charge in [0, 0.05) is 6.61 Å². The molecule has 0 aromatic heterocycles. The zero-order valence-corrected chi connectivity index (χ0v) is 8.13. The second-order valence-corrected chi connectivity index (χ2v) is 3.37. The van der Waals surface area contributed by atoms with Gasteiger partial charge in [-0.1, -0.05) is 32.6 Å². The summed E-state index contributed by atoms with van der Waals surface area (Å²) in [6, 6.07) is 0. The monoisotopic (exact) mass is 174 g/mol. The minimum Gasteiger partial charge on any atom is -0.396 e. The first kappa shape index (κ1) is 11.9. The Kier molecular flexibility index (Phi) is 8.95. The van der Waals surface area contributed by atoms with Crippen LogP contribution in [0.15, 0.2) is 0 Å². The fourth-order valence-electron chi connectivity index (χ4n) is 1.28. The summed E-state index contributed by atoms with van der Waals surface area (Å²) >= 11 is 0. The zero-order chi connectivity index (χ0) is 9.23. The largest absolute Gasteiger partial charge is 0.396 e. The smallest absolute Gasteiger partial charge is 0.0541 e. The van der Waals surface area contributed by atoms with E-state index in [4.69, 9.17) is 5.11 Å². The number of hydrogen-bond acceptors (Lipinski definition) is 2. The molecule has 0 aromatic carbocycles. The van der Waals surface area contributed by atoms with Crippen LogP contribution in [0.2, 0.25) is 0 Å². The van der Waals surface area contributed by atoms with E-state index >= 15 is 0 Å². The van der Waals surface area contributed by atoms with E-state index in [1.807, 2.05) is 0 Å². The van der Waals surface area contributed by atoms with E-state index in [0.29, 0.717) is 0 Å². The molecule has 0 saturated carbocycles. The summed E-state index contributed by atoms with van der Waals surface area (Å²) in [5.74, 6) is 0. The van der Waals surface area contributed by atoms with Gasteiger partial charge in [0.15, 0.2) is 0 Å². The SMILES string of the molecule is CCCCCC[C@H](O)CCCO. The molecule has 0 aromatic rings. The van der Waals surface area contributed by atoms with Gasteiger partial charge in [-0.2, -0.15) is 0 Å². The maximum absolute atomic E-state index is 9.37. The molecule has 0 aliphatic heterocycles.